The van der Waals surface area contributed by atoms with Crippen LogP contribution < -0.4 is 0 Å². The molecule has 2 aromatic heterocycles. The van der Waals surface area contributed by atoms with Gasteiger partial charge in [0, 0.05) is 17.3 Å². The Kier molecular flexibility index (Phi) is 5.28. The Balaban J connectivity index is 1.21. The van der Waals surface area contributed by atoms with Crippen LogP contribution in [0.25, 0.3) is 98.4 Å². The van der Waals surface area contributed by atoms with Gasteiger partial charge in [-0.25, -0.2) is 0 Å². The number of hydrogen-bond donors (Lipinski definition) is 0. The first kappa shape index (κ1) is 25.2. The summed E-state index contributed by atoms with van der Waals surface area (Å²) in [6, 6.07) is 52.2. The second-order valence-corrected chi connectivity index (χ2v) is 12.1. The molecule has 0 amide bonds. The molecule has 0 saturated heterocycles. The highest BCUT2D eigenvalue weighted by Gasteiger charge is 2.16. The summed E-state index contributed by atoms with van der Waals surface area (Å²) in [5, 5.41) is 24.3. The molecule has 0 radical (unpaired) electrons. The van der Waals surface area contributed by atoms with E-state index in [0.29, 0.717) is 0 Å². The highest BCUT2D eigenvalue weighted by Crippen LogP contribution is 2.44. The summed E-state index contributed by atoms with van der Waals surface area (Å²) in [7, 11) is 0. The van der Waals surface area contributed by atoms with Crippen molar-refractivity contribution in [3.8, 4) is 33.8 Å². The fourth-order valence-electron chi connectivity index (χ4n) is 7.40. The Morgan fingerprint density at radius 2 is 0.848 bits per heavy atom. The van der Waals surface area contributed by atoms with Crippen molar-refractivity contribution in [3.63, 3.8) is 0 Å². The number of fused-ring (bicyclic) bond motifs is 2. The van der Waals surface area contributed by atoms with Gasteiger partial charge in [0.25, 0.3) is 0 Å². The summed E-state index contributed by atoms with van der Waals surface area (Å²) in [5.74, 6) is 0. The zero-order chi connectivity index (χ0) is 30.2. The second kappa shape index (κ2) is 9.65. The molecule has 3 nitrogen and oxygen atoms in total. The van der Waals surface area contributed by atoms with E-state index < -0.39 is 0 Å². The van der Waals surface area contributed by atoms with E-state index in [1.54, 1.807) is 0 Å². The molecule has 10 aromatic rings. The molecule has 8 aromatic carbocycles. The Morgan fingerprint density at radius 1 is 0.304 bits per heavy atom. The number of pyridine rings is 1. The molecule has 3 heteroatoms. The predicted molar refractivity (Wildman–Crippen MR) is 192 cm³/mol. The fraction of sp³-hybridized carbons (Fsp3) is 0. The predicted octanol–water partition coefficient (Wildman–Crippen LogP) is 11.2. The molecule has 212 valence electrons. The van der Waals surface area contributed by atoms with Crippen LogP contribution in [0.15, 0.2) is 152 Å². The maximum Gasteiger partial charge on any atom is 0.111 e. The van der Waals surface area contributed by atoms with Crippen LogP contribution in [-0.4, -0.2) is 15.2 Å². The van der Waals surface area contributed by atoms with Gasteiger partial charge in [0.05, 0.1) is 11.4 Å². The first-order chi connectivity index (χ1) is 22.8. The van der Waals surface area contributed by atoms with E-state index in [9.17, 15) is 0 Å². The van der Waals surface area contributed by atoms with Crippen molar-refractivity contribution in [3.05, 3.63) is 152 Å². The lowest BCUT2D eigenvalue weighted by atomic mass is 9.86. The third-order valence-corrected chi connectivity index (χ3v) is 9.52. The van der Waals surface area contributed by atoms with Gasteiger partial charge in [-0.2, -0.15) is 0 Å². The Labute approximate surface area is 264 Å². The summed E-state index contributed by atoms with van der Waals surface area (Å²) < 4.78 is 0. The quantitative estimate of drug-likeness (QED) is 0.194. The first-order valence-electron chi connectivity index (χ1n) is 15.6. The van der Waals surface area contributed by atoms with Gasteiger partial charge in [0.2, 0.25) is 0 Å². The number of hydrogen-bond acceptors (Lipinski definition) is 3. The topological polar surface area (TPSA) is 38.7 Å². The van der Waals surface area contributed by atoms with Gasteiger partial charge in [-0.15, -0.1) is 10.2 Å². The van der Waals surface area contributed by atoms with Crippen LogP contribution in [0.5, 0.6) is 0 Å². The van der Waals surface area contributed by atoms with Crippen molar-refractivity contribution >= 4 is 64.6 Å². The molecule has 0 aliphatic rings. The molecule has 2 heterocycles. The number of rotatable bonds is 3. The van der Waals surface area contributed by atoms with E-state index in [-0.39, 0.29) is 0 Å². The summed E-state index contributed by atoms with van der Waals surface area (Å²) in [6.07, 6.45) is 1.96. The van der Waals surface area contributed by atoms with Crippen molar-refractivity contribution < 1.29 is 0 Å². The van der Waals surface area contributed by atoms with Crippen molar-refractivity contribution in [2.24, 2.45) is 0 Å². The van der Waals surface area contributed by atoms with Crippen molar-refractivity contribution in [2.45, 2.75) is 0 Å². The third kappa shape index (κ3) is 3.69. The highest BCUT2D eigenvalue weighted by molar-refractivity contribution is 6.37. The van der Waals surface area contributed by atoms with Crippen molar-refractivity contribution in [2.75, 3.05) is 0 Å². The molecule has 0 aliphatic heterocycles. The second-order valence-electron chi connectivity index (χ2n) is 12.1. The van der Waals surface area contributed by atoms with Crippen LogP contribution >= 0.6 is 0 Å². The number of nitrogens with zero attached hydrogens (tertiary/aromatic N) is 3. The average Bonchev–Trinajstić information content (AvgIpc) is 3.13. The van der Waals surface area contributed by atoms with E-state index >= 15 is 0 Å². The molecule has 0 saturated carbocycles. The average molecular weight is 584 g/mol. The van der Waals surface area contributed by atoms with Crippen LogP contribution in [0.1, 0.15) is 0 Å². The van der Waals surface area contributed by atoms with E-state index in [4.69, 9.17) is 4.98 Å². The largest absolute Gasteiger partial charge is 0.254 e. The van der Waals surface area contributed by atoms with Gasteiger partial charge in [-0.1, -0.05) is 115 Å². The Bertz CT molecular complexity index is 2760. The van der Waals surface area contributed by atoms with Crippen LogP contribution in [0, 0.1) is 0 Å². The Hall–Kier alpha value is -6.19. The Morgan fingerprint density at radius 3 is 1.43 bits per heavy atom. The van der Waals surface area contributed by atoms with Crippen molar-refractivity contribution in [1.29, 1.82) is 0 Å². The summed E-state index contributed by atoms with van der Waals surface area (Å²) in [5.41, 5.74) is 5.66. The molecule has 10 rings (SSSR count). The standard InChI is InChI=1S/C43H25N3/c1-2-7-26(8-3-1)37-21-22-39(46-45-37)38-20-19-31(25-44-38)32-23-30-18-17-29-10-5-13-34-33-12-4-9-27-15-16-28-11-6-14-35(42(28)40(27)33)36(24-32)43(30)41(29)34/h1-25H. The zero-order valence-corrected chi connectivity index (χ0v) is 24.8. The molecule has 0 N–H and O–H groups in total. The minimum Gasteiger partial charge on any atom is -0.254 e. The zero-order valence-electron chi connectivity index (χ0n) is 24.8. The fourth-order valence-corrected chi connectivity index (χ4v) is 7.40. The number of benzene rings is 7. The minimum absolute atomic E-state index is 0.755. The normalized spacial score (nSPS) is 11.9. The molecular weight excluding hydrogens is 558 g/mol. The maximum atomic E-state index is 4.86. The van der Waals surface area contributed by atoms with Crippen molar-refractivity contribution in [1.82, 2.24) is 15.2 Å². The third-order valence-electron chi connectivity index (χ3n) is 9.52. The number of aromatic nitrogens is 3. The minimum atomic E-state index is 0.755. The van der Waals surface area contributed by atoms with Crippen LogP contribution in [-0.2, 0) is 0 Å². The van der Waals surface area contributed by atoms with Gasteiger partial charge in [-0.05, 0) is 101 Å². The van der Waals surface area contributed by atoms with E-state index in [0.717, 1.165) is 33.8 Å². The molecule has 46 heavy (non-hydrogen) atoms. The molecular formula is C43H25N3. The lowest BCUT2D eigenvalue weighted by molar-refractivity contribution is 1.04. The smallest absolute Gasteiger partial charge is 0.111 e. The van der Waals surface area contributed by atoms with E-state index in [1.165, 1.54) is 64.6 Å². The van der Waals surface area contributed by atoms with Gasteiger partial charge in [0.15, 0.2) is 0 Å². The maximum absolute atomic E-state index is 4.86. The van der Waals surface area contributed by atoms with Gasteiger partial charge < -0.3 is 0 Å². The molecule has 0 bridgehead atoms. The highest BCUT2D eigenvalue weighted by atomic mass is 15.1. The molecule has 0 aliphatic carbocycles. The molecule has 0 atom stereocenters. The van der Waals surface area contributed by atoms with Gasteiger partial charge in [-0.3, -0.25) is 4.98 Å². The van der Waals surface area contributed by atoms with E-state index in [1.807, 2.05) is 54.7 Å². The van der Waals surface area contributed by atoms with Crippen LogP contribution in [0.3, 0.4) is 0 Å². The summed E-state index contributed by atoms with van der Waals surface area (Å²) in [6.45, 7) is 0. The lowest BCUT2D eigenvalue weighted by Gasteiger charge is -2.17. The van der Waals surface area contributed by atoms with Crippen LogP contribution in [0.4, 0.5) is 0 Å². The molecule has 0 unspecified atom stereocenters. The van der Waals surface area contributed by atoms with Crippen LogP contribution in [0.2, 0.25) is 0 Å². The van der Waals surface area contributed by atoms with E-state index in [2.05, 4.69) is 107 Å². The lowest BCUT2D eigenvalue weighted by Crippen LogP contribution is -1.93. The summed E-state index contributed by atoms with van der Waals surface area (Å²) >= 11 is 0. The SMILES string of the molecule is c1ccc(-c2ccc(-c3ccc(-c4cc5ccc6cccc7c8cccc9ccc%10cccc(c(c4)c5c67)c%10c98)cn3)nn2)cc1. The van der Waals surface area contributed by atoms with Gasteiger partial charge in [0.1, 0.15) is 5.69 Å². The first-order valence-corrected chi connectivity index (χ1v) is 15.6. The summed E-state index contributed by atoms with van der Waals surface area (Å²) in [4.78, 5) is 4.86. The monoisotopic (exact) mass is 583 g/mol. The van der Waals surface area contributed by atoms with Gasteiger partial charge >= 0.3 is 0 Å². The molecule has 0 spiro atoms. The molecule has 0 fully saturated rings.